The van der Waals surface area contributed by atoms with Crippen LogP contribution in [-0.2, 0) is 6.42 Å². The molecule has 0 N–H and O–H groups in total. The van der Waals surface area contributed by atoms with E-state index in [1.54, 1.807) is 31.2 Å². The number of hydrogen-bond acceptors (Lipinski definition) is 5. The molecule has 0 saturated carbocycles. The molecule has 1 aliphatic heterocycles. The third-order valence-corrected chi connectivity index (χ3v) is 4.22. The van der Waals surface area contributed by atoms with Crippen LogP contribution in [0.15, 0.2) is 28.8 Å². The number of likely N-dealkylation sites (tertiary alicyclic amines) is 1. The molecule has 1 fully saturated rings. The molecule has 0 radical (unpaired) electrons. The van der Waals surface area contributed by atoms with Gasteiger partial charge in [0.15, 0.2) is 5.82 Å². The van der Waals surface area contributed by atoms with Crippen LogP contribution in [0.4, 0.5) is 0 Å². The maximum Gasteiger partial charge on any atom is 0.255 e. The zero-order valence-electron chi connectivity index (χ0n) is 13.0. The Hall–Kier alpha value is -2.68. The molecule has 0 bridgehead atoms. The molecular formula is C17H18N4O2. The minimum absolute atomic E-state index is 0.0593. The van der Waals surface area contributed by atoms with Crippen molar-refractivity contribution in [3.05, 3.63) is 47.1 Å². The standard InChI is InChI=1S/C17H18N4O2/c1-12-19-16(20-23-12)10-13-6-8-21(9-7-13)17(22)15-5-3-2-4-14(15)11-18/h2-5,13H,6-10H2,1H3. The highest BCUT2D eigenvalue weighted by molar-refractivity contribution is 5.96. The summed E-state index contributed by atoms with van der Waals surface area (Å²) in [5.74, 6) is 1.72. The molecule has 1 aliphatic rings. The Morgan fingerprint density at radius 1 is 1.39 bits per heavy atom. The van der Waals surface area contributed by atoms with Gasteiger partial charge in [0.2, 0.25) is 5.89 Å². The van der Waals surface area contributed by atoms with Crippen LogP contribution in [0.1, 0.15) is 40.5 Å². The van der Waals surface area contributed by atoms with Crippen LogP contribution in [0, 0.1) is 24.2 Å². The van der Waals surface area contributed by atoms with Crippen LogP contribution < -0.4 is 0 Å². The summed E-state index contributed by atoms with van der Waals surface area (Å²) in [5, 5.41) is 13.1. The normalized spacial score (nSPS) is 15.4. The number of benzene rings is 1. The highest BCUT2D eigenvalue weighted by Gasteiger charge is 2.25. The van der Waals surface area contributed by atoms with E-state index in [9.17, 15) is 4.79 Å². The van der Waals surface area contributed by atoms with Gasteiger partial charge in [-0.1, -0.05) is 17.3 Å². The number of nitriles is 1. The molecule has 118 valence electrons. The SMILES string of the molecule is Cc1nc(CC2CCN(C(=O)c3ccccc3C#N)CC2)no1. The predicted octanol–water partition coefficient (Wildman–Crippen LogP) is 2.34. The average molecular weight is 310 g/mol. The Kier molecular flexibility index (Phi) is 4.38. The summed E-state index contributed by atoms with van der Waals surface area (Å²) in [4.78, 5) is 18.6. The Morgan fingerprint density at radius 2 is 2.13 bits per heavy atom. The van der Waals surface area contributed by atoms with E-state index in [0.717, 1.165) is 25.1 Å². The zero-order chi connectivity index (χ0) is 16.2. The van der Waals surface area contributed by atoms with E-state index >= 15 is 0 Å². The van der Waals surface area contributed by atoms with Gasteiger partial charge in [-0.2, -0.15) is 10.2 Å². The van der Waals surface area contributed by atoms with E-state index in [0.29, 0.717) is 36.0 Å². The van der Waals surface area contributed by atoms with Crippen LogP contribution in [0.3, 0.4) is 0 Å². The van der Waals surface area contributed by atoms with Gasteiger partial charge in [-0.15, -0.1) is 0 Å². The molecule has 0 aliphatic carbocycles. The third-order valence-electron chi connectivity index (χ3n) is 4.22. The van der Waals surface area contributed by atoms with Gasteiger partial charge in [0.05, 0.1) is 17.2 Å². The van der Waals surface area contributed by atoms with Crippen molar-refractivity contribution in [1.82, 2.24) is 15.0 Å². The number of nitrogens with zero attached hydrogens (tertiary/aromatic N) is 4. The van der Waals surface area contributed by atoms with Gasteiger partial charge >= 0.3 is 0 Å². The van der Waals surface area contributed by atoms with Crippen molar-refractivity contribution in [2.24, 2.45) is 5.92 Å². The maximum atomic E-state index is 12.6. The summed E-state index contributed by atoms with van der Waals surface area (Å²) >= 11 is 0. The second-order valence-electron chi connectivity index (χ2n) is 5.83. The van der Waals surface area contributed by atoms with E-state index in [2.05, 4.69) is 16.2 Å². The molecule has 3 rings (SSSR count). The summed E-state index contributed by atoms with van der Waals surface area (Å²) in [7, 11) is 0. The minimum Gasteiger partial charge on any atom is -0.340 e. The Morgan fingerprint density at radius 3 is 2.78 bits per heavy atom. The molecular weight excluding hydrogens is 292 g/mol. The number of aromatic nitrogens is 2. The topological polar surface area (TPSA) is 83.0 Å². The number of carbonyl (C=O) groups is 1. The second-order valence-corrected chi connectivity index (χ2v) is 5.83. The molecule has 1 amide bonds. The van der Waals surface area contributed by atoms with E-state index < -0.39 is 0 Å². The third kappa shape index (κ3) is 3.39. The van der Waals surface area contributed by atoms with Crippen molar-refractivity contribution in [2.75, 3.05) is 13.1 Å². The summed E-state index contributed by atoms with van der Waals surface area (Å²) in [6.45, 7) is 3.17. The number of carbonyl (C=O) groups excluding carboxylic acids is 1. The smallest absolute Gasteiger partial charge is 0.255 e. The fraction of sp³-hybridized carbons (Fsp3) is 0.412. The lowest BCUT2D eigenvalue weighted by Gasteiger charge is -2.31. The molecule has 0 unspecified atom stereocenters. The quantitative estimate of drug-likeness (QED) is 0.869. The van der Waals surface area contributed by atoms with Gasteiger partial charge in [-0.25, -0.2) is 0 Å². The predicted molar refractivity (Wildman–Crippen MR) is 82.5 cm³/mol. The highest BCUT2D eigenvalue weighted by Crippen LogP contribution is 2.22. The first-order valence-corrected chi connectivity index (χ1v) is 7.75. The number of rotatable bonds is 3. The van der Waals surface area contributed by atoms with Crippen LogP contribution in [0.5, 0.6) is 0 Å². The lowest BCUT2D eigenvalue weighted by Crippen LogP contribution is -2.39. The maximum absolute atomic E-state index is 12.6. The van der Waals surface area contributed by atoms with Gasteiger partial charge in [0.1, 0.15) is 0 Å². The molecule has 6 nitrogen and oxygen atoms in total. The molecule has 0 atom stereocenters. The lowest BCUT2D eigenvalue weighted by molar-refractivity contribution is 0.0689. The first-order valence-electron chi connectivity index (χ1n) is 7.75. The molecule has 23 heavy (non-hydrogen) atoms. The summed E-state index contributed by atoms with van der Waals surface area (Å²) in [5.41, 5.74) is 0.920. The molecule has 1 aromatic carbocycles. The molecule has 2 aromatic rings. The van der Waals surface area contributed by atoms with Crippen LogP contribution in [0.2, 0.25) is 0 Å². The monoisotopic (exact) mass is 310 g/mol. The number of piperidine rings is 1. The van der Waals surface area contributed by atoms with Crippen LogP contribution >= 0.6 is 0 Å². The van der Waals surface area contributed by atoms with Gasteiger partial charge in [0, 0.05) is 26.4 Å². The molecule has 2 heterocycles. The van der Waals surface area contributed by atoms with Crippen molar-refractivity contribution in [1.29, 1.82) is 5.26 Å². The second kappa shape index (κ2) is 6.61. The average Bonchev–Trinajstić information content (AvgIpc) is 3.00. The van der Waals surface area contributed by atoms with E-state index in [1.807, 2.05) is 4.90 Å². The van der Waals surface area contributed by atoms with Gasteiger partial charge in [0.25, 0.3) is 5.91 Å². The first-order chi connectivity index (χ1) is 11.2. The fourth-order valence-electron chi connectivity index (χ4n) is 2.96. The van der Waals surface area contributed by atoms with Crippen LogP contribution in [-0.4, -0.2) is 34.0 Å². The van der Waals surface area contributed by atoms with Crippen LogP contribution in [0.25, 0.3) is 0 Å². The van der Waals surface area contributed by atoms with Crippen molar-refractivity contribution in [2.45, 2.75) is 26.2 Å². The van der Waals surface area contributed by atoms with Gasteiger partial charge in [-0.05, 0) is 30.9 Å². The number of hydrogen-bond donors (Lipinski definition) is 0. The highest BCUT2D eigenvalue weighted by atomic mass is 16.5. The van der Waals surface area contributed by atoms with E-state index in [-0.39, 0.29) is 5.91 Å². The number of aryl methyl sites for hydroxylation is 1. The van der Waals surface area contributed by atoms with Crippen molar-refractivity contribution in [3.8, 4) is 6.07 Å². The zero-order valence-corrected chi connectivity index (χ0v) is 13.0. The number of amides is 1. The fourth-order valence-corrected chi connectivity index (χ4v) is 2.96. The van der Waals surface area contributed by atoms with Gasteiger partial charge in [-0.3, -0.25) is 4.79 Å². The van der Waals surface area contributed by atoms with Crippen molar-refractivity contribution >= 4 is 5.91 Å². The van der Waals surface area contributed by atoms with Crippen molar-refractivity contribution < 1.29 is 9.32 Å². The van der Waals surface area contributed by atoms with Crippen molar-refractivity contribution in [3.63, 3.8) is 0 Å². The molecule has 0 spiro atoms. The Labute approximate surface area is 134 Å². The van der Waals surface area contributed by atoms with Gasteiger partial charge < -0.3 is 9.42 Å². The first kappa shape index (κ1) is 15.2. The largest absolute Gasteiger partial charge is 0.340 e. The van der Waals surface area contributed by atoms with E-state index in [4.69, 9.17) is 9.78 Å². The summed E-state index contributed by atoms with van der Waals surface area (Å²) in [6.07, 6.45) is 2.61. The Balaban J connectivity index is 1.60. The van der Waals surface area contributed by atoms with E-state index in [1.165, 1.54) is 0 Å². The Bertz CT molecular complexity index is 739. The lowest BCUT2D eigenvalue weighted by atomic mass is 9.92. The molecule has 6 heteroatoms. The molecule has 1 aromatic heterocycles. The summed E-state index contributed by atoms with van der Waals surface area (Å²) < 4.78 is 4.99. The summed E-state index contributed by atoms with van der Waals surface area (Å²) in [6, 6.07) is 9.04. The molecule has 1 saturated heterocycles. The minimum atomic E-state index is -0.0593.